The Bertz CT molecular complexity index is 1000. The lowest BCUT2D eigenvalue weighted by Gasteiger charge is -2.52. The highest BCUT2D eigenvalue weighted by molar-refractivity contribution is 6.30. The largest absolute Gasteiger partial charge is 0.457 e. The maximum atomic E-state index is 8.24. The van der Waals surface area contributed by atoms with Gasteiger partial charge in [0, 0.05) is 31.0 Å². The average Bonchev–Trinajstić information content (AvgIpc) is 3.00. The Hall–Kier alpha value is -2.08. The minimum absolute atomic E-state index is 0.0218. The zero-order valence-electron chi connectivity index (χ0n) is 18.1. The number of nitrogens with one attached hydrogen (secondary N) is 1. The molecule has 2 aliphatic carbocycles. The van der Waals surface area contributed by atoms with Gasteiger partial charge >= 0.3 is 0 Å². The van der Waals surface area contributed by atoms with E-state index in [1.54, 1.807) is 5.06 Å². The van der Waals surface area contributed by atoms with Crippen LogP contribution in [0.3, 0.4) is 0 Å². The number of rotatable bonds is 3. The number of methoxy groups -OCH3 is 1. The minimum atomic E-state index is -0.436. The average molecular weight is 441 g/mol. The summed E-state index contributed by atoms with van der Waals surface area (Å²) in [4.78, 5) is 6.65. The Balaban J connectivity index is 1.53. The fraction of sp³-hybridized carbons (Fsp3) is 0.480. The summed E-state index contributed by atoms with van der Waals surface area (Å²) in [5.74, 6) is 2.04. The van der Waals surface area contributed by atoms with Crippen LogP contribution in [0.1, 0.15) is 49.7 Å². The molecule has 1 saturated carbocycles. The molecule has 1 heterocycles. The van der Waals surface area contributed by atoms with E-state index < -0.39 is 5.60 Å². The first-order valence-corrected chi connectivity index (χ1v) is 11.4. The lowest BCUT2D eigenvalue weighted by Crippen LogP contribution is -2.54. The Morgan fingerprint density at radius 2 is 1.87 bits per heavy atom. The molecule has 1 saturated heterocycles. The van der Waals surface area contributed by atoms with E-state index in [1.807, 2.05) is 44.5 Å². The smallest absolute Gasteiger partial charge is 0.128 e. The lowest BCUT2D eigenvalue weighted by atomic mass is 9.61. The monoisotopic (exact) mass is 440 g/mol. The Morgan fingerprint density at radius 3 is 2.58 bits per heavy atom. The second kappa shape index (κ2) is 7.80. The summed E-state index contributed by atoms with van der Waals surface area (Å²) in [6.07, 6.45) is 7.07. The molecule has 31 heavy (non-hydrogen) atoms. The fourth-order valence-corrected chi connectivity index (χ4v) is 6.08. The van der Waals surface area contributed by atoms with E-state index in [9.17, 15) is 0 Å². The van der Waals surface area contributed by atoms with E-state index in [0.29, 0.717) is 23.4 Å². The zero-order chi connectivity index (χ0) is 21.6. The van der Waals surface area contributed by atoms with Crippen LogP contribution >= 0.6 is 11.6 Å². The van der Waals surface area contributed by atoms with Crippen molar-refractivity contribution < 1.29 is 14.3 Å². The van der Waals surface area contributed by atoms with E-state index in [2.05, 4.69) is 12.1 Å². The summed E-state index contributed by atoms with van der Waals surface area (Å²) < 4.78 is 11.8. The summed E-state index contributed by atoms with van der Waals surface area (Å²) in [5, 5.41) is 10.6. The van der Waals surface area contributed by atoms with Crippen molar-refractivity contribution in [2.24, 2.45) is 5.41 Å². The van der Waals surface area contributed by atoms with Crippen molar-refractivity contribution in [2.75, 3.05) is 14.2 Å². The first-order chi connectivity index (χ1) is 14.9. The van der Waals surface area contributed by atoms with E-state index in [-0.39, 0.29) is 5.41 Å². The molecule has 0 aromatic heterocycles. The molecule has 1 aliphatic heterocycles. The molecule has 5 nitrogen and oxygen atoms in total. The Morgan fingerprint density at radius 1 is 1.10 bits per heavy atom. The molecule has 0 amide bonds. The van der Waals surface area contributed by atoms with Gasteiger partial charge in [0.1, 0.15) is 22.9 Å². The molecule has 0 radical (unpaired) electrons. The van der Waals surface area contributed by atoms with E-state index in [4.69, 9.17) is 31.3 Å². The van der Waals surface area contributed by atoms with Gasteiger partial charge in [-0.15, -0.1) is 0 Å². The van der Waals surface area contributed by atoms with Gasteiger partial charge < -0.3 is 9.47 Å². The molecule has 1 atom stereocenters. The highest BCUT2D eigenvalue weighted by Gasteiger charge is 2.61. The first-order valence-electron chi connectivity index (χ1n) is 11.0. The van der Waals surface area contributed by atoms with Crippen molar-refractivity contribution in [1.29, 1.82) is 5.41 Å². The molecule has 1 unspecified atom stereocenters. The van der Waals surface area contributed by atoms with Gasteiger partial charge in [0.25, 0.3) is 0 Å². The summed E-state index contributed by atoms with van der Waals surface area (Å²) in [7, 11) is 3.68. The van der Waals surface area contributed by atoms with Crippen LogP contribution in [-0.2, 0) is 21.6 Å². The van der Waals surface area contributed by atoms with Crippen molar-refractivity contribution in [3.63, 3.8) is 0 Å². The summed E-state index contributed by atoms with van der Waals surface area (Å²) >= 11 is 6.14. The molecule has 6 heteroatoms. The zero-order valence-corrected chi connectivity index (χ0v) is 18.9. The summed E-state index contributed by atoms with van der Waals surface area (Å²) in [6.45, 7) is 0. The Labute approximate surface area is 188 Å². The molecule has 1 N–H and O–H groups in total. The van der Waals surface area contributed by atoms with Crippen LogP contribution in [0, 0.1) is 10.8 Å². The number of hydrogen-bond donors (Lipinski definition) is 1. The number of ether oxygens (including phenoxy) is 2. The molecule has 2 fully saturated rings. The van der Waals surface area contributed by atoms with Gasteiger partial charge in [-0.3, -0.25) is 10.2 Å². The van der Waals surface area contributed by atoms with E-state index in [1.165, 1.54) is 11.1 Å². The number of halogens is 1. The Kier molecular flexibility index (Phi) is 5.24. The van der Waals surface area contributed by atoms with Gasteiger partial charge in [-0.2, -0.15) is 0 Å². The van der Waals surface area contributed by atoms with Crippen molar-refractivity contribution in [2.45, 2.75) is 56.7 Å². The quantitative estimate of drug-likeness (QED) is 0.627. The maximum absolute atomic E-state index is 8.24. The van der Waals surface area contributed by atoms with Gasteiger partial charge in [0.05, 0.1) is 6.10 Å². The number of hydroxylamine groups is 2. The topological polar surface area (TPSA) is 54.8 Å². The molecule has 3 aliphatic rings. The second-order valence-electron chi connectivity index (χ2n) is 9.13. The molecule has 2 aromatic carbocycles. The molecule has 5 rings (SSSR count). The maximum Gasteiger partial charge on any atom is 0.128 e. The summed E-state index contributed by atoms with van der Waals surface area (Å²) in [6, 6.07) is 13.8. The highest BCUT2D eigenvalue weighted by Crippen LogP contribution is 2.63. The van der Waals surface area contributed by atoms with E-state index >= 15 is 0 Å². The molecular weight excluding hydrogens is 412 g/mol. The van der Waals surface area contributed by atoms with E-state index in [0.717, 1.165) is 50.0 Å². The SMILES string of the molecule is COC1CCC2(CC1)Cc1ccc(Oc3cccc(Cl)c3)cc1C21CCC(=N)N(C)O1. The van der Waals surface area contributed by atoms with Crippen molar-refractivity contribution >= 4 is 17.4 Å². The fourth-order valence-electron chi connectivity index (χ4n) is 5.90. The molecule has 2 aromatic rings. The van der Waals surface area contributed by atoms with Crippen LogP contribution in [0.4, 0.5) is 0 Å². The lowest BCUT2D eigenvalue weighted by molar-refractivity contribution is -0.270. The molecule has 0 bridgehead atoms. The van der Waals surface area contributed by atoms with Gasteiger partial charge in [-0.05, 0) is 80.0 Å². The third-order valence-corrected chi connectivity index (χ3v) is 7.78. The molecule has 164 valence electrons. The second-order valence-corrected chi connectivity index (χ2v) is 9.57. The van der Waals surface area contributed by atoms with Crippen molar-refractivity contribution in [3.05, 3.63) is 58.6 Å². The van der Waals surface area contributed by atoms with Crippen LogP contribution in [0.2, 0.25) is 5.02 Å². The molecule has 2 spiro atoms. The number of nitrogens with zero attached hydrogens (tertiary/aromatic N) is 1. The third kappa shape index (κ3) is 3.43. The van der Waals surface area contributed by atoms with Crippen LogP contribution < -0.4 is 4.74 Å². The van der Waals surface area contributed by atoms with Crippen LogP contribution in [-0.4, -0.2) is 31.2 Å². The number of benzene rings is 2. The van der Waals surface area contributed by atoms with Crippen LogP contribution in [0.25, 0.3) is 0 Å². The normalized spacial score (nSPS) is 30.1. The number of amidine groups is 1. The van der Waals surface area contributed by atoms with Crippen molar-refractivity contribution in [3.8, 4) is 11.5 Å². The number of hydrogen-bond acceptors (Lipinski definition) is 4. The highest BCUT2D eigenvalue weighted by atomic mass is 35.5. The third-order valence-electron chi connectivity index (χ3n) is 7.54. The van der Waals surface area contributed by atoms with Crippen LogP contribution in [0.15, 0.2) is 42.5 Å². The number of fused-ring (bicyclic) bond motifs is 3. The standard InChI is InChI=1S/C25H29ClN2O3/c1-28-23(27)10-13-25(31-28)22-15-21(30-20-5-3-4-18(26)14-20)7-6-17(22)16-24(25)11-8-19(29-2)9-12-24/h3-7,14-15,19,27H,8-13,16H2,1-2H3. The predicted octanol–water partition coefficient (Wildman–Crippen LogP) is 6.09. The predicted molar refractivity (Wildman–Crippen MR) is 121 cm³/mol. The van der Waals surface area contributed by atoms with Crippen LogP contribution in [0.5, 0.6) is 11.5 Å². The van der Waals surface area contributed by atoms with Crippen molar-refractivity contribution in [1.82, 2.24) is 5.06 Å². The van der Waals surface area contributed by atoms with Gasteiger partial charge in [0.2, 0.25) is 0 Å². The van der Waals surface area contributed by atoms with Gasteiger partial charge in [-0.1, -0.05) is 23.7 Å². The summed E-state index contributed by atoms with van der Waals surface area (Å²) in [5.41, 5.74) is 2.13. The minimum Gasteiger partial charge on any atom is -0.457 e. The van der Waals surface area contributed by atoms with Gasteiger partial charge in [0.15, 0.2) is 0 Å². The molecular formula is C25H29ClN2O3. The van der Waals surface area contributed by atoms with Gasteiger partial charge in [-0.25, -0.2) is 5.06 Å². The first kappa shape index (κ1) is 20.8.